The molecule has 154 valence electrons. The summed E-state index contributed by atoms with van der Waals surface area (Å²) in [6.07, 6.45) is 1.74. The summed E-state index contributed by atoms with van der Waals surface area (Å²) < 4.78 is 1.98. The highest BCUT2D eigenvalue weighted by atomic mass is 16.2. The lowest BCUT2D eigenvalue weighted by molar-refractivity contribution is 0.582. The number of hydrogen-bond donors (Lipinski definition) is 1. The zero-order valence-electron chi connectivity index (χ0n) is 17.8. The number of nitrogens with one attached hydrogen (secondary N) is 1. The van der Waals surface area contributed by atoms with E-state index in [1.165, 1.54) is 22.3 Å². The molecule has 2 aromatic rings. The minimum atomic E-state index is -0.643. The Kier molecular flexibility index (Phi) is 5.24. The van der Waals surface area contributed by atoms with Gasteiger partial charge >= 0.3 is 5.69 Å². The molecule has 0 saturated heterocycles. The molecule has 6 heteroatoms. The molecule has 6 nitrogen and oxygen atoms in total. The average molecular weight is 402 g/mol. The van der Waals surface area contributed by atoms with Crippen LogP contribution >= 0.6 is 0 Å². The topological polar surface area (TPSA) is 80.6 Å². The molecule has 0 amide bonds. The predicted octanol–water partition coefficient (Wildman–Crippen LogP) is 3.96. The highest BCUT2D eigenvalue weighted by Gasteiger charge is 2.20. The normalized spacial score (nSPS) is 12.5. The van der Waals surface area contributed by atoms with Crippen LogP contribution in [0.25, 0.3) is 22.6 Å². The Bertz CT molecular complexity index is 1300. The first-order valence-electron chi connectivity index (χ1n) is 10.4. The lowest BCUT2D eigenvalue weighted by atomic mass is 9.96. The summed E-state index contributed by atoms with van der Waals surface area (Å²) in [6.45, 7) is 9.08. The van der Waals surface area contributed by atoms with Crippen LogP contribution in [-0.2, 0) is 13.0 Å². The van der Waals surface area contributed by atoms with E-state index in [1.54, 1.807) is 0 Å². The van der Waals surface area contributed by atoms with Crippen LogP contribution in [0, 0.1) is 13.8 Å². The third kappa shape index (κ3) is 3.65. The van der Waals surface area contributed by atoms with Gasteiger partial charge in [-0.1, -0.05) is 43.7 Å². The third-order valence-electron chi connectivity index (χ3n) is 5.88. The molecule has 0 fully saturated rings. The van der Waals surface area contributed by atoms with Crippen molar-refractivity contribution < 1.29 is 0 Å². The zero-order valence-corrected chi connectivity index (χ0v) is 17.8. The van der Waals surface area contributed by atoms with Gasteiger partial charge in [0.2, 0.25) is 0 Å². The number of aromatic amines is 1. The molecule has 0 aliphatic carbocycles. The summed E-state index contributed by atoms with van der Waals surface area (Å²) in [5.74, 6) is 0.664. The van der Waals surface area contributed by atoms with Crippen molar-refractivity contribution in [2.24, 2.45) is 0 Å². The van der Waals surface area contributed by atoms with Gasteiger partial charge in [-0.05, 0) is 61.4 Å². The van der Waals surface area contributed by atoms with Crippen molar-refractivity contribution in [3.63, 3.8) is 0 Å². The monoisotopic (exact) mass is 402 g/mol. The van der Waals surface area contributed by atoms with E-state index < -0.39 is 11.2 Å². The average Bonchev–Trinajstić information content (AvgIpc) is 2.71. The number of hydrogen-bond acceptors (Lipinski definition) is 4. The Morgan fingerprint density at radius 2 is 1.80 bits per heavy atom. The molecule has 2 aromatic carbocycles. The summed E-state index contributed by atoms with van der Waals surface area (Å²) in [4.78, 5) is 35.3. The predicted molar refractivity (Wildman–Crippen MR) is 119 cm³/mol. The van der Waals surface area contributed by atoms with E-state index in [0.717, 1.165) is 23.9 Å². The molecule has 1 unspecified atom stereocenters. The van der Waals surface area contributed by atoms with Gasteiger partial charge < -0.3 is 4.57 Å². The number of H-pyrrole nitrogens is 1. The van der Waals surface area contributed by atoms with E-state index in [4.69, 9.17) is 0 Å². The lowest BCUT2D eigenvalue weighted by Gasteiger charge is -2.20. The van der Waals surface area contributed by atoms with Gasteiger partial charge in [0.25, 0.3) is 5.56 Å². The third-order valence-corrected chi connectivity index (χ3v) is 5.88. The first kappa shape index (κ1) is 20.0. The minimum absolute atomic E-state index is 0.205. The second kappa shape index (κ2) is 7.86. The molecule has 0 radical (unpaired) electrons. The first-order valence-corrected chi connectivity index (χ1v) is 10.4. The number of benzene rings is 2. The van der Waals surface area contributed by atoms with Gasteiger partial charge in [0.15, 0.2) is 11.5 Å². The lowest BCUT2D eigenvalue weighted by Crippen LogP contribution is -2.29. The summed E-state index contributed by atoms with van der Waals surface area (Å²) in [5, 5.41) is 0. The number of rotatable bonds is 5. The van der Waals surface area contributed by atoms with E-state index in [2.05, 4.69) is 73.0 Å². The Morgan fingerprint density at radius 1 is 1.07 bits per heavy atom. The summed E-state index contributed by atoms with van der Waals surface area (Å²) in [5.41, 5.74) is 5.57. The van der Waals surface area contributed by atoms with Crippen LogP contribution in [-0.4, -0.2) is 19.5 Å². The Morgan fingerprint density at radius 3 is 2.50 bits per heavy atom. The van der Waals surface area contributed by atoms with Crippen LogP contribution in [0.3, 0.4) is 0 Å². The van der Waals surface area contributed by atoms with Crippen molar-refractivity contribution in [2.45, 2.75) is 53.0 Å². The van der Waals surface area contributed by atoms with E-state index in [-0.39, 0.29) is 5.69 Å². The molecule has 0 saturated carbocycles. The van der Waals surface area contributed by atoms with Crippen LogP contribution in [0.4, 0.5) is 0 Å². The minimum Gasteiger partial charge on any atom is -0.322 e. The van der Waals surface area contributed by atoms with Crippen molar-refractivity contribution in [3.05, 3.63) is 79.5 Å². The van der Waals surface area contributed by atoms with Gasteiger partial charge in [-0.3, -0.25) is 9.78 Å². The maximum Gasteiger partial charge on any atom is 0.349 e. The van der Waals surface area contributed by atoms with Crippen molar-refractivity contribution in [1.29, 1.82) is 0 Å². The molecule has 2 aliphatic heterocycles. The molecular weight excluding hydrogens is 376 g/mol. The fourth-order valence-corrected chi connectivity index (χ4v) is 3.98. The van der Waals surface area contributed by atoms with E-state index >= 15 is 0 Å². The van der Waals surface area contributed by atoms with Crippen molar-refractivity contribution >= 4 is 11.0 Å². The van der Waals surface area contributed by atoms with Crippen LogP contribution in [0.5, 0.6) is 0 Å². The van der Waals surface area contributed by atoms with Crippen LogP contribution in [0.15, 0.2) is 46.0 Å². The smallest absolute Gasteiger partial charge is 0.322 e. The van der Waals surface area contributed by atoms with E-state index in [9.17, 15) is 9.59 Å². The fraction of sp³-hybridized carbons (Fsp3) is 0.333. The molecule has 0 spiro atoms. The maximum atomic E-state index is 12.4. The van der Waals surface area contributed by atoms with Crippen molar-refractivity contribution in [2.75, 3.05) is 0 Å². The van der Waals surface area contributed by atoms with Gasteiger partial charge in [-0.25, -0.2) is 9.78 Å². The number of nitrogens with zero attached hydrogens (tertiary/aromatic N) is 3. The Hall–Kier alpha value is -3.28. The zero-order chi connectivity index (χ0) is 21.4. The van der Waals surface area contributed by atoms with Crippen LogP contribution < -0.4 is 11.2 Å². The van der Waals surface area contributed by atoms with Crippen molar-refractivity contribution in [3.8, 4) is 11.5 Å². The molecule has 2 heterocycles. The Balaban J connectivity index is 1.84. The number of aromatic nitrogens is 4. The van der Waals surface area contributed by atoms with E-state index in [1.807, 2.05) is 10.6 Å². The summed E-state index contributed by atoms with van der Waals surface area (Å²) in [6, 6.07) is 12.7. The summed E-state index contributed by atoms with van der Waals surface area (Å²) >= 11 is 0. The molecular formula is C24H26N4O2. The molecule has 0 bridgehead atoms. The van der Waals surface area contributed by atoms with Gasteiger partial charge in [0.05, 0.1) is 11.0 Å². The largest absolute Gasteiger partial charge is 0.349 e. The quantitative estimate of drug-likeness (QED) is 0.513. The second-order valence-electron chi connectivity index (χ2n) is 8.03. The van der Waals surface area contributed by atoms with Crippen LogP contribution in [0.1, 0.15) is 48.4 Å². The number of aryl methyl sites for hydroxylation is 4. The maximum absolute atomic E-state index is 12.4. The second-order valence-corrected chi connectivity index (χ2v) is 8.03. The Labute approximate surface area is 175 Å². The summed E-state index contributed by atoms with van der Waals surface area (Å²) in [7, 11) is 0. The molecule has 4 rings (SSSR count). The van der Waals surface area contributed by atoms with Gasteiger partial charge in [0, 0.05) is 6.54 Å². The molecule has 2 aliphatic rings. The van der Waals surface area contributed by atoms with E-state index in [0.29, 0.717) is 18.3 Å². The highest BCUT2D eigenvalue weighted by molar-refractivity contribution is 5.81. The standard InChI is InChI=1S/C24H26N4O2/c1-5-17-13-19-20(12-16(17)4)28(22-21(25-19)23(29)27-24(30)26-22)11-10-15(3)18-8-6-14(2)7-9-18/h6-9,12-13,15H,5,10-11H2,1-4H3,(H,27,29,30). The molecule has 0 aromatic heterocycles. The molecule has 1 atom stereocenters. The van der Waals surface area contributed by atoms with Crippen LogP contribution in [0.2, 0.25) is 0 Å². The fourth-order valence-electron chi connectivity index (χ4n) is 3.98. The molecule has 1 N–H and O–H groups in total. The molecule has 30 heavy (non-hydrogen) atoms. The first-order chi connectivity index (χ1) is 14.4. The SMILES string of the molecule is CCc1cc2nc3c(=O)[nH]c(=O)nc-3n(CCC(C)c3ccc(C)cc3)c2cc1C. The van der Waals surface area contributed by atoms with Gasteiger partial charge in [-0.15, -0.1) is 0 Å². The highest BCUT2D eigenvalue weighted by Crippen LogP contribution is 2.27. The number of fused-ring (bicyclic) bond motifs is 2. The van der Waals surface area contributed by atoms with Crippen molar-refractivity contribution in [1.82, 2.24) is 19.5 Å². The van der Waals surface area contributed by atoms with Gasteiger partial charge in [-0.2, -0.15) is 4.98 Å². The van der Waals surface area contributed by atoms with Gasteiger partial charge in [0.1, 0.15) is 0 Å².